The van der Waals surface area contributed by atoms with Crippen LogP contribution < -0.4 is 10.6 Å². The van der Waals surface area contributed by atoms with Crippen LogP contribution in [0.2, 0.25) is 0 Å². The average molecular weight is 572 g/mol. The number of sulfone groups is 1. The first-order valence-corrected chi connectivity index (χ1v) is 15.0. The molecule has 0 heterocycles. The summed E-state index contributed by atoms with van der Waals surface area (Å²) in [4.78, 5) is 28.2. The minimum absolute atomic E-state index is 0.141. The van der Waals surface area contributed by atoms with E-state index >= 15 is 0 Å². The largest absolute Gasteiger partial charge is 0.416 e. The molecule has 3 unspecified atom stereocenters. The summed E-state index contributed by atoms with van der Waals surface area (Å²) < 4.78 is 65.2. The van der Waals surface area contributed by atoms with Gasteiger partial charge in [0.2, 0.25) is 5.91 Å². The van der Waals surface area contributed by atoms with Crippen molar-refractivity contribution < 1.29 is 31.2 Å². The number of amides is 2. The Labute approximate surface area is 225 Å². The summed E-state index contributed by atoms with van der Waals surface area (Å²) in [5.41, 5.74) is -1.17. The maximum atomic E-state index is 13.2. The molecule has 1 saturated carbocycles. The van der Waals surface area contributed by atoms with Gasteiger partial charge in [-0.15, -0.1) is 11.8 Å². The molecule has 0 saturated heterocycles. The van der Waals surface area contributed by atoms with Crippen LogP contribution in [0.25, 0.3) is 0 Å². The van der Waals surface area contributed by atoms with Crippen molar-refractivity contribution in [2.24, 2.45) is 5.92 Å². The molecular formula is C26H32F3N3O4S2. The van der Waals surface area contributed by atoms with Crippen LogP contribution >= 0.6 is 11.8 Å². The van der Waals surface area contributed by atoms with Crippen LogP contribution in [-0.2, 0) is 20.8 Å². The topological polar surface area (TPSA) is 95.6 Å². The lowest BCUT2D eigenvalue weighted by Gasteiger charge is -2.39. The monoisotopic (exact) mass is 571 g/mol. The van der Waals surface area contributed by atoms with E-state index in [-0.39, 0.29) is 28.2 Å². The van der Waals surface area contributed by atoms with Gasteiger partial charge in [-0.3, -0.25) is 9.59 Å². The molecule has 3 atom stereocenters. The van der Waals surface area contributed by atoms with E-state index < -0.39 is 46.0 Å². The van der Waals surface area contributed by atoms with E-state index in [9.17, 15) is 31.2 Å². The summed E-state index contributed by atoms with van der Waals surface area (Å²) in [7, 11) is 0.239. The van der Waals surface area contributed by atoms with Gasteiger partial charge >= 0.3 is 6.18 Å². The van der Waals surface area contributed by atoms with Crippen molar-refractivity contribution in [3.63, 3.8) is 0 Å². The second-order valence-corrected chi connectivity index (χ2v) is 12.5. The normalized spacial score (nSPS) is 20.2. The maximum absolute atomic E-state index is 13.2. The Balaban J connectivity index is 1.66. The van der Waals surface area contributed by atoms with Gasteiger partial charge in [-0.05, 0) is 88.0 Å². The number of benzene rings is 2. The number of hydrogen-bond donors (Lipinski definition) is 2. The molecule has 0 spiro atoms. The number of carbonyl (C=O) groups excluding carboxylic acids is 2. The van der Waals surface area contributed by atoms with Gasteiger partial charge < -0.3 is 15.5 Å². The zero-order valence-corrected chi connectivity index (χ0v) is 23.0. The highest BCUT2D eigenvalue weighted by Gasteiger charge is 2.36. The van der Waals surface area contributed by atoms with Gasteiger partial charge in [0, 0.05) is 22.5 Å². The third-order valence-electron chi connectivity index (χ3n) is 6.75. The van der Waals surface area contributed by atoms with Gasteiger partial charge in [0.1, 0.15) is 0 Å². The summed E-state index contributed by atoms with van der Waals surface area (Å²) in [6.07, 6.45) is -0.806. The standard InChI is InChI=1S/C26H32F3N3O4S2/c1-32(2)20-7-12-23(18(14-20)16-38(35,36)22-10-8-21(37-3)9-11-22)31-24(33)15-30-25(34)17-5-4-6-19(13-17)26(27,28)29/h4-6,8-11,13,18,20,23H,7,12,14-16H2,1-3H3,(H,30,34)(H,31,33). The van der Waals surface area contributed by atoms with Crippen molar-refractivity contribution in [3.05, 3.63) is 59.7 Å². The van der Waals surface area contributed by atoms with Crippen molar-refractivity contribution in [2.75, 3.05) is 32.6 Å². The fraction of sp³-hybridized carbons (Fsp3) is 0.462. The fourth-order valence-corrected chi connectivity index (χ4v) is 6.68. The quantitative estimate of drug-likeness (QED) is 0.444. The molecular weight excluding hydrogens is 539 g/mol. The number of thioether (sulfide) groups is 1. The van der Waals surface area contributed by atoms with E-state index in [0.717, 1.165) is 29.5 Å². The minimum Gasteiger partial charge on any atom is -0.352 e. The minimum atomic E-state index is -4.59. The summed E-state index contributed by atoms with van der Waals surface area (Å²) >= 11 is 1.51. The zero-order valence-electron chi connectivity index (χ0n) is 21.4. The molecule has 1 fully saturated rings. The zero-order chi connectivity index (χ0) is 28.1. The van der Waals surface area contributed by atoms with Gasteiger partial charge in [0.05, 0.1) is 22.8 Å². The predicted molar refractivity (Wildman–Crippen MR) is 141 cm³/mol. The Morgan fingerprint density at radius 3 is 2.37 bits per heavy atom. The van der Waals surface area contributed by atoms with Crippen LogP contribution in [0.15, 0.2) is 58.3 Å². The molecule has 1 aliphatic carbocycles. The lowest BCUT2D eigenvalue weighted by Crippen LogP contribution is -2.51. The Kier molecular flexibility index (Phi) is 9.88. The number of hydrogen-bond acceptors (Lipinski definition) is 6. The Bertz CT molecular complexity index is 1240. The van der Waals surface area contributed by atoms with E-state index in [1.165, 1.54) is 17.8 Å². The summed E-state index contributed by atoms with van der Waals surface area (Å²) in [6.45, 7) is -0.446. The SMILES string of the molecule is CSc1ccc(S(=O)(=O)CC2CC(N(C)C)CCC2NC(=O)CNC(=O)c2cccc(C(F)(F)F)c2)cc1. The van der Waals surface area contributed by atoms with Crippen molar-refractivity contribution in [1.82, 2.24) is 15.5 Å². The van der Waals surface area contributed by atoms with E-state index in [2.05, 4.69) is 10.6 Å². The number of halogens is 3. The number of alkyl halides is 3. The van der Waals surface area contributed by atoms with E-state index in [1.807, 2.05) is 25.3 Å². The molecule has 2 aromatic rings. The lowest BCUT2D eigenvalue weighted by atomic mass is 9.82. The molecule has 2 N–H and O–H groups in total. The van der Waals surface area contributed by atoms with Gasteiger partial charge in [-0.2, -0.15) is 13.2 Å². The molecule has 0 aromatic heterocycles. The molecule has 0 radical (unpaired) electrons. The lowest BCUT2D eigenvalue weighted by molar-refractivity contribution is -0.137. The molecule has 0 aliphatic heterocycles. The first-order valence-electron chi connectivity index (χ1n) is 12.1. The van der Waals surface area contributed by atoms with Crippen LogP contribution in [0, 0.1) is 5.92 Å². The highest BCUT2D eigenvalue weighted by Crippen LogP contribution is 2.31. The summed E-state index contributed by atoms with van der Waals surface area (Å²) in [5, 5.41) is 5.19. The summed E-state index contributed by atoms with van der Waals surface area (Å²) in [5.74, 6) is -1.84. The van der Waals surface area contributed by atoms with Crippen molar-refractivity contribution in [3.8, 4) is 0 Å². The highest BCUT2D eigenvalue weighted by molar-refractivity contribution is 7.98. The molecule has 1 aliphatic rings. The number of nitrogens with zero attached hydrogens (tertiary/aromatic N) is 1. The van der Waals surface area contributed by atoms with Gasteiger partial charge in [0.25, 0.3) is 5.91 Å². The van der Waals surface area contributed by atoms with E-state index in [4.69, 9.17) is 0 Å². The highest BCUT2D eigenvalue weighted by atomic mass is 32.2. The van der Waals surface area contributed by atoms with Gasteiger partial charge in [0.15, 0.2) is 9.84 Å². The molecule has 12 heteroatoms. The Morgan fingerprint density at radius 1 is 1.08 bits per heavy atom. The Hall–Kier alpha value is -2.57. The van der Waals surface area contributed by atoms with Gasteiger partial charge in [-0.1, -0.05) is 6.07 Å². The Morgan fingerprint density at radius 2 is 1.76 bits per heavy atom. The van der Waals surface area contributed by atoms with E-state index in [0.29, 0.717) is 12.8 Å². The third kappa shape index (κ3) is 7.97. The number of carbonyl (C=O) groups is 2. The third-order valence-corrected chi connectivity index (χ3v) is 9.35. The molecule has 7 nitrogen and oxygen atoms in total. The van der Waals surface area contributed by atoms with Crippen LogP contribution in [0.4, 0.5) is 13.2 Å². The van der Waals surface area contributed by atoms with Gasteiger partial charge in [-0.25, -0.2) is 8.42 Å². The smallest absolute Gasteiger partial charge is 0.352 e. The van der Waals surface area contributed by atoms with Crippen LogP contribution in [0.1, 0.15) is 35.2 Å². The van der Waals surface area contributed by atoms with E-state index in [1.54, 1.807) is 24.3 Å². The van der Waals surface area contributed by atoms with Crippen LogP contribution in [-0.4, -0.2) is 69.9 Å². The number of rotatable bonds is 9. The molecule has 38 heavy (non-hydrogen) atoms. The number of nitrogens with one attached hydrogen (secondary N) is 2. The van der Waals surface area contributed by atoms with Crippen molar-refractivity contribution in [2.45, 2.75) is 47.3 Å². The first-order chi connectivity index (χ1) is 17.8. The first kappa shape index (κ1) is 30.0. The van der Waals surface area contributed by atoms with Crippen LogP contribution in [0.5, 0.6) is 0 Å². The molecule has 3 rings (SSSR count). The molecule has 0 bridgehead atoms. The average Bonchev–Trinajstić information content (AvgIpc) is 2.87. The summed E-state index contributed by atoms with van der Waals surface area (Å²) in [6, 6.07) is 10.4. The van der Waals surface area contributed by atoms with Crippen molar-refractivity contribution >= 4 is 33.4 Å². The van der Waals surface area contributed by atoms with Crippen molar-refractivity contribution in [1.29, 1.82) is 0 Å². The second-order valence-electron chi connectivity index (χ2n) is 9.58. The molecule has 2 amide bonds. The maximum Gasteiger partial charge on any atom is 0.416 e. The fourth-order valence-electron chi connectivity index (χ4n) is 4.60. The molecule has 2 aromatic carbocycles. The molecule has 208 valence electrons. The van der Waals surface area contributed by atoms with Crippen LogP contribution in [0.3, 0.4) is 0 Å². The predicted octanol–water partition coefficient (Wildman–Crippen LogP) is 3.85. The second kappa shape index (κ2) is 12.5.